The Morgan fingerprint density at radius 2 is 1.61 bits per heavy atom. The predicted molar refractivity (Wildman–Crippen MR) is 175 cm³/mol. The minimum absolute atomic E-state index is 0.0226. The molecule has 0 aliphatic rings. The van der Waals surface area contributed by atoms with Crippen LogP contribution >= 0.6 is 23.2 Å². The van der Waals surface area contributed by atoms with Crippen LogP contribution in [0.15, 0.2) is 77.4 Å². The van der Waals surface area contributed by atoms with Crippen molar-refractivity contribution >= 4 is 58.4 Å². The first-order valence-electron chi connectivity index (χ1n) is 13.9. The number of carboxylic acid groups (broad SMARTS) is 1. The summed E-state index contributed by atoms with van der Waals surface area (Å²) in [5.74, 6) is -2.11. The third-order valence-corrected chi connectivity index (χ3v) is 7.87. The maximum atomic E-state index is 13.1. The van der Waals surface area contributed by atoms with Crippen LogP contribution in [0, 0.1) is 6.92 Å². The minimum Gasteiger partial charge on any atom is -0.495 e. The van der Waals surface area contributed by atoms with E-state index in [1.54, 1.807) is 37.4 Å². The molecule has 4 aromatic rings. The number of amides is 4. The van der Waals surface area contributed by atoms with Gasteiger partial charge in [0.1, 0.15) is 11.5 Å². The number of furan rings is 1. The fourth-order valence-corrected chi connectivity index (χ4v) is 5.12. The molecule has 13 heteroatoms. The number of para-hydroxylation sites is 1. The van der Waals surface area contributed by atoms with Gasteiger partial charge in [0.25, 0.3) is 5.91 Å². The molecule has 11 nitrogen and oxygen atoms in total. The largest absolute Gasteiger partial charge is 0.495 e. The second kappa shape index (κ2) is 14.4. The number of carboxylic acids is 1. The standard InChI is InChI=1S/C33H32Cl2N4O7/c1-19-8-5-6-11-24(19)36-32(44)37-25-13-12-20(14-26(25)45-4)16-28(40)39(3)17-21-15-27(46-18-21)33(2,31(42)43)38-30(41)29-22(34)9-7-10-23(29)35/h5-15,18H,16-17H2,1-4H3,(H,38,41)(H,42,43)(H2,36,37,44). The van der Waals surface area contributed by atoms with Gasteiger partial charge in [-0.25, -0.2) is 9.59 Å². The van der Waals surface area contributed by atoms with E-state index in [0.717, 1.165) is 5.56 Å². The topological polar surface area (TPSA) is 150 Å². The lowest BCUT2D eigenvalue weighted by molar-refractivity contribution is -0.145. The number of anilines is 2. The van der Waals surface area contributed by atoms with E-state index in [0.29, 0.717) is 28.3 Å². The van der Waals surface area contributed by atoms with E-state index in [1.165, 1.54) is 43.4 Å². The van der Waals surface area contributed by atoms with E-state index in [-0.39, 0.29) is 40.2 Å². The first-order chi connectivity index (χ1) is 21.8. The maximum absolute atomic E-state index is 13.1. The van der Waals surface area contributed by atoms with Crippen LogP contribution in [0.4, 0.5) is 16.2 Å². The molecule has 0 fully saturated rings. The van der Waals surface area contributed by atoms with Gasteiger partial charge < -0.3 is 35.1 Å². The van der Waals surface area contributed by atoms with Crippen LogP contribution in [0.25, 0.3) is 0 Å². The Labute approximate surface area is 275 Å². The van der Waals surface area contributed by atoms with Crippen LogP contribution in [0.5, 0.6) is 5.75 Å². The SMILES string of the molecule is COc1cc(CC(=O)N(C)Cc2coc(C(C)(NC(=O)c3c(Cl)cccc3Cl)C(=O)O)c2)ccc1NC(=O)Nc1ccccc1C. The van der Waals surface area contributed by atoms with Gasteiger partial charge in [-0.05, 0) is 61.4 Å². The van der Waals surface area contributed by atoms with Gasteiger partial charge >= 0.3 is 12.0 Å². The van der Waals surface area contributed by atoms with Crippen molar-refractivity contribution in [3.05, 3.63) is 111 Å². The van der Waals surface area contributed by atoms with Crippen molar-refractivity contribution in [3.8, 4) is 5.75 Å². The highest BCUT2D eigenvalue weighted by molar-refractivity contribution is 6.39. The highest BCUT2D eigenvalue weighted by Gasteiger charge is 2.41. The molecule has 1 atom stereocenters. The van der Waals surface area contributed by atoms with Gasteiger partial charge in [-0.1, -0.05) is 53.5 Å². The average molecular weight is 668 g/mol. The lowest BCUT2D eigenvalue weighted by atomic mass is 9.97. The van der Waals surface area contributed by atoms with E-state index in [1.807, 2.05) is 25.1 Å². The lowest BCUT2D eigenvalue weighted by Crippen LogP contribution is -2.49. The zero-order chi connectivity index (χ0) is 33.6. The third-order valence-electron chi connectivity index (χ3n) is 7.24. The number of nitrogens with zero attached hydrogens (tertiary/aromatic N) is 1. The number of benzene rings is 3. The quantitative estimate of drug-likeness (QED) is 0.143. The fraction of sp³-hybridized carbons (Fsp3) is 0.212. The van der Waals surface area contributed by atoms with Gasteiger partial charge in [0.2, 0.25) is 5.91 Å². The zero-order valence-corrected chi connectivity index (χ0v) is 27.0. The summed E-state index contributed by atoms with van der Waals surface area (Å²) in [6.07, 6.45) is 1.34. The molecule has 0 bridgehead atoms. The van der Waals surface area contributed by atoms with E-state index in [2.05, 4.69) is 16.0 Å². The number of carbonyl (C=O) groups excluding carboxylic acids is 3. The van der Waals surface area contributed by atoms with Crippen molar-refractivity contribution in [2.45, 2.75) is 32.4 Å². The molecule has 3 aromatic carbocycles. The molecule has 4 N–H and O–H groups in total. The van der Waals surface area contributed by atoms with Gasteiger partial charge in [-0.2, -0.15) is 0 Å². The monoisotopic (exact) mass is 666 g/mol. The van der Waals surface area contributed by atoms with E-state index in [4.69, 9.17) is 32.4 Å². The molecule has 4 rings (SSSR count). The molecule has 0 saturated heterocycles. The van der Waals surface area contributed by atoms with Crippen molar-refractivity contribution in [2.24, 2.45) is 0 Å². The molecular formula is C33H32Cl2N4O7. The van der Waals surface area contributed by atoms with Crippen LogP contribution < -0.4 is 20.7 Å². The number of carbonyl (C=O) groups is 4. The van der Waals surface area contributed by atoms with Crippen molar-refractivity contribution in [1.82, 2.24) is 10.2 Å². The van der Waals surface area contributed by atoms with Crippen LogP contribution in [-0.4, -0.2) is 48.0 Å². The second-order valence-electron chi connectivity index (χ2n) is 10.7. The number of aryl methyl sites for hydroxylation is 1. The molecule has 4 amide bonds. The van der Waals surface area contributed by atoms with Crippen LogP contribution in [-0.2, 0) is 28.1 Å². The number of urea groups is 1. The van der Waals surface area contributed by atoms with Crippen LogP contribution in [0.3, 0.4) is 0 Å². The molecular weight excluding hydrogens is 635 g/mol. The summed E-state index contributed by atoms with van der Waals surface area (Å²) in [7, 11) is 3.06. The van der Waals surface area contributed by atoms with Crippen molar-refractivity contribution < 1.29 is 33.4 Å². The molecule has 1 unspecified atom stereocenters. The highest BCUT2D eigenvalue weighted by atomic mass is 35.5. The third kappa shape index (κ3) is 7.79. The predicted octanol–water partition coefficient (Wildman–Crippen LogP) is 6.48. The molecule has 46 heavy (non-hydrogen) atoms. The molecule has 0 spiro atoms. The van der Waals surface area contributed by atoms with E-state index >= 15 is 0 Å². The van der Waals surface area contributed by atoms with Crippen LogP contribution in [0.2, 0.25) is 10.0 Å². The smallest absolute Gasteiger partial charge is 0.337 e. The summed E-state index contributed by atoms with van der Waals surface area (Å²) >= 11 is 12.2. The lowest BCUT2D eigenvalue weighted by Gasteiger charge is -2.24. The number of halogens is 2. The average Bonchev–Trinajstić information content (AvgIpc) is 3.48. The number of ether oxygens (including phenoxy) is 1. The van der Waals surface area contributed by atoms with Gasteiger partial charge in [0.15, 0.2) is 5.54 Å². The normalized spacial score (nSPS) is 12.0. The first kappa shape index (κ1) is 33.9. The van der Waals surface area contributed by atoms with Gasteiger partial charge in [-0.3, -0.25) is 9.59 Å². The summed E-state index contributed by atoms with van der Waals surface area (Å²) in [5, 5.41) is 18.1. The van der Waals surface area contributed by atoms with Crippen molar-refractivity contribution in [1.29, 1.82) is 0 Å². The fourth-order valence-electron chi connectivity index (χ4n) is 4.55. The highest BCUT2D eigenvalue weighted by Crippen LogP contribution is 2.30. The number of hydrogen-bond acceptors (Lipinski definition) is 6. The minimum atomic E-state index is -1.97. The van der Waals surface area contributed by atoms with Crippen molar-refractivity contribution in [2.75, 3.05) is 24.8 Å². The molecule has 0 aliphatic carbocycles. The van der Waals surface area contributed by atoms with E-state index in [9.17, 15) is 24.3 Å². The molecule has 0 saturated carbocycles. The molecule has 1 aromatic heterocycles. The molecule has 0 aliphatic heterocycles. The Morgan fingerprint density at radius 3 is 2.26 bits per heavy atom. The Morgan fingerprint density at radius 1 is 0.935 bits per heavy atom. The number of nitrogens with one attached hydrogen (secondary N) is 3. The Bertz CT molecular complexity index is 1770. The van der Waals surface area contributed by atoms with E-state index < -0.39 is 23.4 Å². The Kier molecular flexibility index (Phi) is 10.6. The van der Waals surface area contributed by atoms with Gasteiger partial charge in [0, 0.05) is 24.8 Å². The second-order valence-corrected chi connectivity index (χ2v) is 11.5. The number of hydrogen-bond donors (Lipinski definition) is 4. The molecule has 1 heterocycles. The summed E-state index contributed by atoms with van der Waals surface area (Å²) in [5.41, 5.74) is 1.12. The Balaban J connectivity index is 1.40. The number of likely N-dealkylation sites (N-methyl/N-ethyl adjacent to an activating group) is 1. The number of methoxy groups -OCH3 is 1. The summed E-state index contributed by atoms with van der Waals surface area (Å²) in [6.45, 7) is 3.25. The molecule has 0 radical (unpaired) electrons. The zero-order valence-electron chi connectivity index (χ0n) is 25.4. The number of aliphatic carboxylic acids is 1. The van der Waals surface area contributed by atoms with Gasteiger partial charge in [-0.15, -0.1) is 0 Å². The van der Waals surface area contributed by atoms with Gasteiger partial charge in [0.05, 0.1) is 41.1 Å². The van der Waals surface area contributed by atoms with Crippen LogP contribution in [0.1, 0.15) is 39.7 Å². The number of rotatable bonds is 11. The molecule has 240 valence electrons. The summed E-state index contributed by atoms with van der Waals surface area (Å²) < 4.78 is 11.0. The maximum Gasteiger partial charge on any atom is 0.337 e. The summed E-state index contributed by atoms with van der Waals surface area (Å²) in [6, 6.07) is 17.9. The van der Waals surface area contributed by atoms with Crippen molar-refractivity contribution in [3.63, 3.8) is 0 Å². The summed E-state index contributed by atoms with van der Waals surface area (Å²) in [4.78, 5) is 52.4. The Hall–Kier alpha value is -5.00. The first-order valence-corrected chi connectivity index (χ1v) is 14.7.